The Hall–Kier alpha value is -4.24. The fraction of sp³-hybridized carbons (Fsp3) is 0.188. The van der Waals surface area contributed by atoms with Crippen LogP contribution in [0, 0.1) is 24.4 Å². The van der Waals surface area contributed by atoms with E-state index in [2.05, 4.69) is 5.10 Å². The molecule has 1 amide bonds. The van der Waals surface area contributed by atoms with Crippen molar-refractivity contribution < 1.29 is 27.6 Å². The van der Waals surface area contributed by atoms with Crippen molar-refractivity contribution in [2.75, 3.05) is 0 Å². The van der Waals surface area contributed by atoms with Gasteiger partial charge in [0.05, 0.1) is 5.56 Å². The van der Waals surface area contributed by atoms with Crippen molar-refractivity contribution in [3.8, 4) is 0 Å². The number of Topliss-reactive ketones (excluding diaryl/α,β-unsaturated/α-hetero) is 1. The van der Waals surface area contributed by atoms with Crippen LogP contribution in [0.3, 0.4) is 0 Å². The van der Waals surface area contributed by atoms with Crippen molar-refractivity contribution in [2.45, 2.75) is 38.0 Å². The smallest absolute Gasteiger partial charge is 0.278 e. The third kappa shape index (κ3) is 6.41. The number of allylic oxidation sites excluding steroid dienone is 4. The summed E-state index contributed by atoms with van der Waals surface area (Å²) in [6.45, 7) is 1.45. The van der Waals surface area contributed by atoms with E-state index in [9.17, 15) is 27.6 Å². The molecule has 5 rings (SSSR count). The van der Waals surface area contributed by atoms with E-state index in [0.717, 1.165) is 22.2 Å². The summed E-state index contributed by atoms with van der Waals surface area (Å²) in [7, 11) is 0. The van der Waals surface area contributed by atoms with E-state index in [0.29, 0.717) is 28.7 Å². The Labute approximate surface area is 239 Å². The van der Waals surface area contributed by atoms with Gasteiger partial charge in [0.1, 0.15) is 33.7 Å². The molecule has 1 aliphatic carbocycles. The number of carbonyl (C=O) groups excluding carboxylic acids is 3. The molecule has 41 heavy (non-hydrogen) atoms. The van der Waals surface area contributed by atoms with Gasteiger partial charge in [-0.15, -0.1) is 0 Å². The number of hydrogen-bond donors (Lipinski definition) is 0. The van der Waals surface area contributed by atoms with Crippen molar-refractivity contribution >= 4 is 34.3 Å². The van der Waals surface area contributed by atoms with Gasteiger partial charge in [-0.25, -0.2) is 18.2 Å². The van der Waals surface area contributed by atoms with Gasteiger partial charge in [0.2, 0.25) is 0 Å². The molecule has 1 aliphatic heterocycles. The lowest BCUT2D eigenvalue weighted by Crippen LogP contribution is -2.28. The van der Waals surface area contributed by atoms with Crippen molar-refractivity contribution in [2.24, 2.45) is 5.10 Å². The van der Waals surface area contributed by atoms with E-state index in [1.54, 1.807) is 30.4 Å². The zero-order valence-corrected chi connectivity index (χ0v) is 22.9. The number of amides is 1. The first-order valence-electron chi connectivity index (χ1n) is 13.0. The molecule has 2 aliphatic rings. The molecule has 0 radical (unpaired) electrons. The summed E-state index contributed by atoms with van der Waals surface area (Å²) in [5, 5.41) is 5.39. The number of halogens is 3. The quantitative estimate of drug-likeness (QED) is 0.290. The highest BCUT2D eigenvalue weighted by molar-refractivity contribution is 8.14. The second-order valence-electron chi connectivity index (χ2n) is 9.85. The van der Waals surface area contributed by atoms with Crippen LogP contribution < -0.4 is 0 Å². The maximum atomic E-state index is 14.9. The van der Waals surface area contributed by atoms with E-state index in [1.165, 1.54) is 36.9 Å². The molecular formula is C32H25F3N2O3S. The first kappa shape index (κ1) is 28.3. The number of rotatable bonds is 8. The number of ketones is 2. The predicted molar refractivity (Wildman–Crippen MR) is 152 cm³/mol. The number of nitrogens with zero attached hydrogens (tertiary/aromatic N) is 2. The lowest BCUT2D eigenvalue weighted by Gasteiger charge is -2.24. The molecule has 0 N–H and O–H groups in total. The Morgan fingerprint density at radius 3 is 2.51 bits per heavy atom. The van der Waals surface area contributed by atoms with Crippen LogP contribution in [0.4, 0.5) is 13.2 Å². The van der Waals surface area contributed by atoms with Crippen LogP contribution in [0.5, 0.6) is 0 Å². The van der Waals surface area contributed by atoms with Crippen LogP contribution in [0.25, 0.3) is 0 Å². The standard InChI is InChI=1S/C32H25F3N2O3S/c1-19-15-24(34)18-28(35)29(19)31(40)37-32(41-30(36-37)22-9-12-23(33)13-10-22)27-8-3-2-6-21(27)11-14-26(39)17-20-5-4-7-25(38)16-20/h2-10,12-13,15,18,32H,11,14,16-17H2,1H3. The fourth-order valence-electron chi connectivity index (χ4n) is 4.86. The van der Waals surface area contributed by atoms with E-state index in [-0.39, 0.29) is 42.0 Å². The highest BCUT2D eigenvalue weighted by Crippen LogP contribution is 2.44. The number of benzene rings is 3. The van der Waals surface area contributed by atoms with Crippen molar-refractivity contribution in [1.29, 1.82) is 0 Å². The van der Waals surface area contributed by atoms with E-state index < -0.39 is 28.7 Å². The van der Waals surface area contributed by atoms with Gasteiger partial charge < -0.3 is 0 Å². The van der Waals surface area contributed by atoms with Crippen LogP contribution >= 0.6 is 11.8 Å². The SMILES string of the molecule is Cc1cc(F)cc(F)c1C(=O)N1N=C(c2ccc(F)cc2)SC1c1ccccc1CCC(=O)CC1=CC=CC(=O)C1. The van der Waals surface area contributed by atoms with Crippen LogP contribution in [0.2, 0.25) is 0 Å². The van der Waals surface area contributed by atoms with Crippen molar-refractivity contribution in [3.63, 3.8) is 0 Å². The third-order valence-corrected chi connectivity index (χ3v) is 8.06. The van der Waals surface area contributed by atoms with Gasteiger partial charge >= 0.3 is 0 Å². The normalized spacial score (nSPS) is 16.5. The molecule has 3 aromatic carbocycles. The highest BCUT2D eigenvalue weighted by Gasteiger charge is 2.37. The van der Waals surface area contributed by atoms with Crippen LogP contribution in [-0.2, 0) is 16.0 Å². The van der Waals surface area contributed by atoms with Gasteiger partial charge in [-0.05, 0) is 66.4 Å². The molecule has 208 valence electrons. The molecule has 0 aromatic heterocycles. The Kier molecular flexibility index (Phi) is 8.35. The average molecular weight is 575 g/mol. The summed E-state index contributed by atoms with van der Waals surface area (Å²) in [6.07, 6.45) is 5.93. The van der Waals surface area contributed by atoms with Gasteiger partial charge in [-0.1, -0.05) is 53.8 Å². The number of thioether (sulfide) groups is 1. The third-order valence-electron chi connectivity index (χ3n) is 6.84. The summed E-state index contributed by atoms with van der Waals surface area (Å²) < 4.78 is 42.3. The fourth-order valence-corrected chi connectivity index (χ4v) is 6.07. The molecular weight excluding hydrogens is 549 g/mol. The largest absolute Gasteiger partial charge is 0.299 e. The zero-order valence-electron chi connectivity index (χ0n) is 22.1. The summed E-state index contributed by atoms with van der Waals surface area (Å²) >= 11 is 1.24. The van der Waals surface area contributed by atoms with Crippen molar-refractivity contribution in [3.05, 3.63) is 130 Å². The molecule has 3 aromatic rings. The topological polar surface area (TPSA) is 66.8 Å². The predicted octanol–water partition coefficient (Wildman–Crippen LogP) is 7.01. The number of hydrogen-bond acceptors (Lipinski definition) is 5. The number of aryl methyl sites for hydroxylation is 2. The maximum Gasteiger partial charge on any atom is 0.278 e. The molecule has 0 spiro atoms. The van der Waals surface area contributed by atoms with Gasteiger partial charge in [0.15, 0.2) is 5.78 Å². The van der Waals surface area contributed by atoms with Crippen LogP contribution in [-0.4, -0.2) is 27.5 Å². The van der Waals surface area contributed by atoms with Gasteiger partial charge in [0.25, 0.3) is 5.91 Å². The van der Waals surface area contributed by atoms with Gasteiger partial charge in [-0.2, -0.15) is 5.10 Å². The summed E-state index contributed by atoms with van der Waals surface area (Å²) in [5.74, 6) is -3.01. The lowest BCUT2D eigenvalue weighted by atomic mass is 9.95. The second-order valence-corrected chi connectivity index (χ2v) is 10.9. The van der Waals surface area contributed by atoms with Gasteiger partial charge in [0, 0.05) is 30.9 Å². The van der Waals surface area contributed by atoms with E-state index in [1.807, 2.05) is 18.2 Å². The molecule has 0 fully saturated rings. The molecule has 1 unspecified atom stereocenters. The van der Waals surface area contributed by atoms with Crippen LogP contribution in [0.15, 0.2) is 89.6 Å². The average Bonchev–Trinajstić information content (AvgIpc) is 3.37. The minimum Gasteiger partial charge on any atom is -0.299 e. The second kappa shape index (κ2) is 12.1. The Bertz CT molecular complexity index is 1610. The first-order valence-corrected chi connectivity index (χ1v) is 13.9. The van der Waals surface area contributed by atoms with E-state index in [4.69, 9.17) is 0 Å². The minimum absolute atomic E-state index is 0.0200. The monoisotopic (exact) mass is 574 g/mol. The molecule has 0 saturated heterocycles. The summed E-state index contributed by atoms with van der Waals surface area (Å²) in [4.78, 5) is 38.2. The van der Waals surface area contributed by atoms with Gasteiger partial charge in [-0.3, -0.25) is 14.4 Å². The number of hydrazone groups is 1. The Morgan fingerprint density at radius 1 is 1.02 bits per heavy atom. The lowest BCUT2D eigenvalue weighted by molar-refractivity contribution is -0.118. The van der Waals surface area contributed by atoms with Crippen molar-refractivity contribution in [1.82, 2.24) is 5.01 Å². The Morgan fingerprint density at radius 2 is 1.78 bits per heavy atom. The molecule has 1 atom stereocenters. The molecule has 5 nitrogen and oxygen atoms in total. The molecule has 9 heteroatoms. The first-order chi connectivity index (χ1) is 19.7. The zero-order chi connectivity index (χ0) is 29.1. The van der Waals surface area contributed by atoms with Crippen LogP contribution in [0.1, 0.15) is 57.2 Å². The minimum atomic E-state index is -0.995. The number of carbonyl (C=O) groups is 3. The Balaban J connectivity index is 1.44. The molecule has 0 bridgehead atoms. The van der Waals surface area contributed by atoms with E-state index >= 15 is 0 Å². The summed E-state index contributed by atoms with van der Waals surface area (Å²) in [5.41, 5.74) is 2.69. The summed E-state index contributed by atoms with van der Waals surface area (Å²) in [6, 6.07) is 14.7. The molecule has 0 saturated carbocycles. The highest BCUT2D eigenvalue weighted by atomic mass is 32.2. The maximum absolute atomic E-state index is 14.9. The molecule has 1 heterocycles.